The largest absolute Gasteiger partial charge is 0.351 e. The molecule has 3 N–H and O–H groups in total. The van der Waals surface area contributed by atoms with Crippen LogP contribution in [0.2, 0.25) is 5.15 Å². The lowest BCUT2D eigenvalue weighted by molar-refractivity contribution is 0.0958. The maximum atomic E-state index is 12.6. The van der Waals surface area contributed by atoms with Crippen molar-refractivity contribution >= 4 is 59.9 Å². The van der Waals surface area contributed by atoms with Crippen molar-refractivity contribution in [2.45, 2.75) is 11.3 Å². The van der Waals surface area contributed by atoms with E-state index in [9.17, 15) is 13.2 Å². The Labute approximate surface area is 176 Å². The molecule has 148 valence electrons. The lowest BCUT2D eigenvalue weighted by Crippen LogP contribution is -2.24. The van der Waals surface area contributed by atoms with E-state index in [1.54, 1.807) is 18.2 Å². The van der Waals surface area contributed by atoms with Gasteiger partial charge in [-0.05, 0) is 36.2 Å². The Hall–Kier alpha value is -2.52. The molecule has 0 aliphatic heterocycles. The van der Waals surface area contributed by atoms with Crippen LogP contribution in [0.25, 0.3) is 21.0 Å². The van der Waals surface area contributed by atoms with E-state index in [0.29, 0.717) is 23.0 Å². The van der Waals surface area contributed by atoms with E-state index >= 15 is 0 Å². The van der Waals surface area contributed by atoms with Gasteiger partial charge in [-0.25, -0.2) is 18.5 Å². The number of hydrogen-bond donors (Lipinski definition) is 2. The Bertz CT molecular complexity index is 1330. The van der Waals surface area contributed by atoms with Crippen molar-refractivity contribution < 1.29 is 13.2 Å². The Morgan fingerprint density at radius 2 is 1.83 bits per heavy atom. The maximum absolute atomic E-state index is 12.6. The predicted octanol–water partition coefficient (Wildman–Crippen LogP) is 3.72. The molecule has 0 saturated carbocycles. The molecule has 4 rings (SSSR count). The van der Waals surface area contributed by atoms with Crippen LogP contribution in [0.15, 0.2) is 59.5 Å². The van der Waals surface area contributed by atoms with E-state index in [1.165, 1.54) is 23.5 Å². The van der Waals surface area contributed by atoms with Crippen molar-refractivity contribution in [3.8, 4) is 0 Å². The summed E-state index contributed by atoms with van der Waals surface area (Å²) >= 11 is 7.68. The van der Waals surface area contributed by atoms with Gasteiger partial charge in [0.2, 0.25) is 10.0 Å². The van der Waals surface area contributed by atoms with Gasteiger partial charge in [-0.1, -0.05) is 41.9 Å². The molecule has 0 saturated heterocycles. The van der Waals surface area contributed by atoms with Crippen molar-refractivity contribution in [2.75, 3.05) is 6.54 Å². The average molecular weight is 446 g/mol. The summed E-state index contributed by atoms with van der Waals surface area (Å²) in [5, 5.41) is 10.1. The number of rotatable bonds is 5. The van der Waals surface area contributed by atoms with Crippen LogP contribution in [0, 0.1) is 0 Å². The lowest BCUT2D eigenvalue weighted by atomic mass is 10.1. The first-order valence-electron chi connectivity index (χ1n) is 8.70. The van der Waals surface area contributed by atoms with Gasteiger partial charge < -0.3 is 5.32 Å². The molecule has 2 heterocycles. The van der Waals surface area contributed by atoms with Gasteiger partial charge in [0.1, 0.15) is 5.15 Å². The highest BCUT2D eigenvalue weighted by molar-refractivity contribution is 7.89. The van der Waals surface area contributed by atoms with Gasteiger partial charge in [0.25, 0.3) is 5.91 Å². The minimum absolute atomic E-state index is 0.0632. The number of thiophene rings is 1. The van der Waals surface area contributed by atoms with Crippen molar-refractivity contribution in [3.63, 3.8) is 0 Å². The van der Waals surface area contributed by atoms with E-state index in [-0.39, 0.29) is 10.8 Å². The fourth-order valence-corrected chi connectivity index (χ4v) is 4.96. The third-order valence-corrected chi connectivity index (χ3v) is 6.88. The van der Waals surface area contributed by atoms with Gasteiger partial charge in [-0.3, -0.25) is 4.79 Å². The number of para-hydroxylation sites is 1. The number of nitrogens with two attached hydrogens (primary N) is 1. The van der Waals surface area contributed by atoms with Crippen molar-refractivity contribution in [1.29, 1.82) is 0 Å². The van der Waals surface area contributed by atoms with Gasteiger partial charge in [0.05, 0.1) is 15.3 Å². The number of nitrogens with one attached hydrogen (secondary N) is 1. The smallest absolute Gasteiger partial charge is 0.261 e. The molecular weight excluding hydrogens is 430 g/mol. The topological polar surface area (TPSA) is 102 Å². The van der Waals surface area contributed by atoms with Crippen molar-refractivity contribution in [3.05, 3.63) is 70.2 Å². The molecule has 0 bridgehead atoms. The lowest BCUT2D eigenvalue weighted by Gasteiger charge is -2.05. The summed E-state index contributed by atoms with van der Waals surface area (Å²) in [5.74, 6) is -0.187. The molecule has 29 heavy (non-hydrogen) atoms. The third-order valence-electron chi connectivity index (χ3n) is 4.50. The molecule has 0 radical (unpaired) electrons. The highest BCUT2D eigenvalue weighted by Gasteiger charge is 2.15. The number of carbonyl (C=O) groups excluding carboxylic acids is 1. The molecule has 1 amide bonds. The number of pyridine rings is 1. The second kappa shape index (κ2) is 7.72. The zero-order chi connectivity index (χ0) is 20.6. The minimum atomic E-state index is -3.71. The van der Waals surface area contributed by atoms with Crippen LogP contribution in [0.5, 0.6) is 0 Å². The zero-order valence-electron chi connectivity index (χ0n) is 15.1. The first kappa shape index (κ1) is 19.8. The standard InChI is InChI=1S/C20H16ClN3O3S2/c21-19-15-11-17(28-18(15)14-3-1-2-4-16(14)24-19)20(25)23-10-9-12-5-7-13(8-6-12)29(22,26)27/h1-8,11H,9-10H2,(H,23,25)(H2,22,26,27). The number of fused-ring (bicyclic) bond motifs is 3. The molecule has 6 nitrogen and oxygen atoms in total. The molecule has 0 spiro atoms. The number of amides is 1. The summed E-state index contributed by atoms with van der Waals surface area (Å²) in [6, 6.07) is 15.7. The summed E-state index contributed by atoms with van der Waals surface area (Å²) in [6.45, 7) is 0.411. The Morgan fingerprint density at radius 1 is 1.10 bits per heavy atom. The number of carbonyl (C=O) groups is 1. The van der Waals surface area contributed by atoms with Crippen molar-refractivity contribution in [2.24, 2.45) is 5.14 Å². The van der Waals surface area contributed by atoms with E-state index in [4.69, 9.17) is 16.7 Å². The van der Waals surface area contributed by atoms with Gasteiger partial charge in [-0.15, -0.1) is 11.3 Å². The number of halogens is 1. The summed E-state index contributed by atoms with van der Waals surface area (Å²) in [6.07, 6.45) is 0.562. The predicted molar refractivity (Wildman–Crippen MR) is 116 cm³/mol. The molecule has 0 unspecified atom stereocenters. The molecular formula is C20H16ClN3O3S2. The highest BCUT2D eigenvalue weighted by Crippen LogP contribution is 2.35. The third kappa shape index (κ3) is 4.11. The molecule has 9 heteroatoms. The Kier molecular flexibility index (Phi) is 5.26. The van der Waals surface area contributed by atoms with Gasteiger partial charge in [0, 0.05) is 22.0 Å². The maximum Gasteiger partial charge on any atom is 0.261 e. The fraction of sp³-hybridized carbons (Fsp3) is 0.100. The van der Waals surface area contributed by atoms with Crippen LogP contribution >= 0.6 is 22.9 Å². The molecule has 2 aromatic carbocycles. The van der Waals surface area contributed by atoms with Crippen LogP contribution in [0.3, 0.4) is 0 Å². The second-order valence-electron chi connectivity index (χ2n) is 6.47. The van der Waals surface area contributed by atoms with Gasteiger partial charge in [0.15, 0.2) is 0 Å². The molecule has 0 aliphatic carbocycles. The normalized spacial score (nSPS) is 11.8. The summed E-state index contributed by atoms with van der Waals surface area (Å²) < 4.78 is 23.5. The van der Waals surface area contributed by atoms with Crippen LogP contribution < -0.4 is 10.5 Å². The number of nitrogens with zero attached hydrogens (tertiary/aromatic N) is 1. The van der Waals surface area contributed by atoms with Crippen LogP contribution in [-0.4, -0.2) is 25.9 Å². The van der Waals surface area contributed by atoms with Gasteiger partial charge in [-0.2, -0.15) is 0 Å². The molecule has 0 fully saturated rings. The number of sulfonamides is 1. The average Bonchev–Trinajstić information content (AvgIpc) is 3.14. The molecule has 2 aromatic heterocycles. The molecule has 4 aromatic rings. The van der Waals surface area contributed by atoms with Crippen molar-refractivity contribution in [1.82, 2.24) is 10.3 Å². The number of benzene rings is 2. The first-order chi connectivity index (χ1) is 13.8. The second-order valence-corrected chi connectivity index (χ2v) is 9.44. The van der Waals surface area contributed by atoms with Crippen LogP contribution in [0.1, 0.15) is 15.2 Å². The Morgan fingerprint density at radius 3 is 2.55 bits per heavy atom. The summed E-state index contributed by atoms with van der Waals surface area (Å²) in [5.41, 5.74) is 1.69. The highest BCUT2D eigenvalue weighted by atomic mass is 35.5. The van der Waals surface area contributed by atoms with E-state index in [0.717, 1.165) is 26.6 Å². The molecule has 0 atom stereocenters. The minimum Gasteiger partial charge on any atom is -0.351 e. The fourth-order valence-electron chi connectivity index (χ4n) is 3.04. The van der Waals surface area contributed by atoms with E-state index in [1.807, 2.05) is 24.3 Å². The SMILES string of the molecule is NS(=O)(=O)c1ccc(CCNC(=O)c2cc3c(Cl)nc4ccccc4c3s2)cc1. The summed E-state index contributed by atoms with van der Waals surface area (Å²) in [7, 11) is -3.71. The van der Waals surface area contributed by atoms with Gasteiger partial charge >= 0.3 is 0 Å². The van der Waals surface area contributed by atoms with E-state index in [2.05, 4.69) is 10.3 Å². The molecule has 0 aliphatic rings. The number of hydrogen-bond acceptors (Lipinski definition) is 5. The van der Waals surface area contributed by atoms with Crippen LogP contribution in [-0.2, 0) is 16.4 Å². The quantitative estimate of drug-likeness (QED) is 0.457. The Balaban J connectivity index is 1.48. The number of aromatic nitrogens is 1. The van der Waals surface area contributed by atoms with E-state index < -0.39 is 10.0 Å². The number of primary sulfonamides is 1. The summed E-state index contributed by atoms with van der Waals surface area (Å²) in [4.78, 5) is 17.6. The zero-order valence-corrected chi connectivity index (χ0v) is 17.4. The monoisotopic (exact) mass is 445 g/mol. The van der Waals surface area contributed by atoms with Crippen LogP contribution in [0.4, 0.5) is 0 Å². The first-order valence-corrected chi connectivity index (χ1v) is 11.4.